The van der Waals surface area contributed by atoms with Gasteiger partial charge in [0.2, 0.25) is 0 Å². The number of hydrogen-bond donors (Lipinski definition) is 1. The number of rotatable bonds is 5. The summed E-state index contributed by atoms with van der Waals surface area (Å²) in [5.41, 5.74) is 1.24. The maximum Gasteiger partial charge on any atom is 0.257 e. The van der Waals surface area contributed by atoms with Crippen LogP contribution in [0.3, 0.4) is 0 Å². The maximum atomic E-state index is 12.5. The van der Waals surface area contributed by atoms with Crippen molar-refractivity contribution in [2.45, 2.75) is 26.3 Å². The zero-order valence-electron chi connectivity index (χ0n) is 11.2. The van der Waals surface area contributed by atoms with Gasteiger partial charge in [-0.15, -0.1) is 0 Å². The number of carbonyl (C=O) groups excluding carboxylic acids is 1. The molecule has 1 amide bonds. The van der Waals surface area contributed by atoms with Crippen molar-refractivity contribution in [3.8, 4) is 0 Å². The highest BCUT2D eigenvalue weighted by Crippen LogP contribution is 2.14. The van der Waals surface area contributed by atoms with Gasteiger partial charge in [0.25, 0.3) is 5.91 Å². The van der Waals surface area contributed by atoms with E-state index in [1.807, 2.05) is 13.8 Å². The van der Waals surface area contributed by atoms with Crippen LogP contribution in [0.15, 0.2) is 24.8 Å². The van der Waals surface area contributed by atoms with E-state index in [2.05, 4.69) is 10.1 Å². The zero-order chi connectivity index (χ0) is 13.8. The first kappa shape index (κ1) is 13.5. The number of aliphatic hydroxyl groups excluding tert-OH is 1. The van der Waals surface area contributed by atoms with Gasteiger partial charge in [-0.1, -0.05) is 0 Å². The molecule has 2 rings (SSSR count). The van der Waals surface area contributed by atoms with Crippen LogP contribution in [0.4, 0.5) is 0 Å². The summed E-state index contributed by atoms with van der Waals surface area (Å²) in [5.74, 6) is -0.0774. The van der Waals surface area contributed by atoms with Crippen molar-refractivity contribution in [3.63, 3.8) is 0 Å². The van der Waals surface area contributed by atoms with Crippen molar-refractivity contribution in [2.24, 2.45) is 0 Å². The molecule has 0 bridgehead atoms. The molecule has 1 N–H and O–H groups in total. The molecule has 0 unspecified atom stereocenters. The third kappa shape index (κ3) is 2.73. The van der Waals surface area contributed by atoms with Crippen LogP contribution in [-0.4, -0.2) is 49.7 Å². The van der Waals surface area contributed by atoms with Crippen molar-refractivity contribution in [3.05, 3.63) is 30.4 Å². The summed E-state index contributed by atoms with van der Waals surface area (Å²) in [7, 11) is 0. The first-order valence-corrected chi connectivity index (χ1v) is 6.34. The van der Waals surface area contributed by atoms with E-state index in [1.54, 1.807) is 34.2 Å². The largest absolute Gasteiger partial charge is 0.396 e. The minimum Gasteiger partial charge on any atom is -0.396 e. The molecule has 0 saturated carbocycles. The van der Waals surface area contributed by atoms with Gasteiger partial charge in [0.1, 0.15) is 0 Å². The molecule has 2 heterocycles. The first-order chi connectivity index (χ1) is 9.15. The van der Waals surface area contributed by atoms with Crippen LogP contribution < -0.4 is 0 Å². The number of hydrogen-bond acceptors (Lipinski definition) is 4. The molecule has 0 saturated heterocycles. The van der Waals surface area contributed by atoms with Gasteiger partial charge in [-0.05, 0) is 20.3 Å². The Bertz CT molecular complexity index is 565. The van der Waals surface area contributed by atoms with Gasteiger partial charge in [0, 0.05) is 31.6 Å². The number of aliphatic hydroxyl groups is 1. The van der Waals surface area contributed by atoms with Gasteiger partial charge in [0.15, 0.2) is 0 Å². The predicted molar refractivity (Wildman–Crippen MR) is 70.9 cm³/mol. The lowest BCUT2D eigenvalue weighted by atomic mass is 10.2. The van der Waals surface area contributed by atoms with E-state index in [4.69, 9.17) is 5.11 Å². The summed E-state index contributed by atoms with van der Waals surface area (Å²) in [6.07, 6.45) is 7.10. The molecule has 0 atom stereocenters. The van der Waals surface area contributed by atoms with Crippen LogP contribution in [0.1, 0.15) is 30.6 Å². The molecule has 0 spiro atoms. The topological polar surface area (TPSA) is 70.7 Å². The molecule has 0 aliphatic carbocycles. The zero-order valence-corrected chi connectivity index (χ0v) is 11.2. The highest BCUT2D eigenvalue weighted by molar-refractivity contribution is 6.00. The van der Waals surface area contributed by atoms with Crippen molar-refractivity contribution in [1.82, 2.24) is 19.5 Å². The van der Waals surface area contributed by atoms with Crippen LogP contribution >= 0.6 is 0 Å². The summed E-state index contributed by atoms with van der Waals surface area (Å²) >= 11 is 0. The maximum absolute atomic E-state index is 12.5. The van der Waals surface area contributed by atoms with Gasteiger partial charge in [-0.2, -0.15) is 5.10 Å². The molecule has 19 heavy (non-hydrogen) atoms. The van der Waals surface area contributed by atoms with Gasteiger partial charge in [-0.25, -0.2) is 4.52 Å². The normalized spacial score (nSPS) is 11.2. The summed E-state index contributed by atoms with van der Waals surface area (Å²) in [5, 5.41) is 13.1. The lowest BCUT2D eigenvalue weighted by molar-refractivity contribution is 0.0695. The van der Waals surface area contributed by atoms with Crippen molar-refractivity contribution < 1.29 is 9.90 Å². The van der Waals surface area contributed by atoms with Crippen LogP contribution in [0, 0.1) is 0 Å². The quantitative estimate of drug-likeness (QED) is 0.871. The molecule has 6 heteroatoms. The lowest BCUT2D eigenvalue weighted by Crippen LogP contribution is -2.38. The van der Waals surface area contributed by atoms with E-state index in [1.165, 1.54) is 0 Å². The Kier molecular flexibility index (Phi) is 4.11. The van der Waals surface area contributed by atoms with Gasteiger partial charge < -0.3 is 10.0 Å². The lowest BCUT2D eigenvalue weighted by Gasteiger charge is -2.26. The molecule has 102 valence electrons. The molecular weight excluding hydrogens is 244 g/mol. The monoisotopic (exact) mass is 262 g/mol. The second-order valence-electron chi connectivity index (χ2n) is 4.63. The van der Waals surface area contributed by atoms with E-state index in [9.17, 15) is 4.79 Å². The third-order valence-electron chi connectivity index (χ3n) is 3.00. The van der Waals surface area contributed by atoms with E-state index < -0.39 is 0 Å². The average molecular weight is 262 g/mol. The van der Waals surface area contributed by atoms with Crippen LogP contribution in [0.25, 0.3) is 5.52 Å². The van der Waals surface area contributed by atoms with Crippen LogP contribution in [0.5, 0.6) is 0 Å². The Morgan fingerprint density at radius 3 is 2.95 bits per heavy atom. The van der Waals surface area contributed by atoms with E-state index >= 15 is 0 Å². The third-order valence-corrected chi connectivity index (χ3v) is 3.00. The average Bonchev–Trinajstić information content (AvgIpc) is 2.82. The minimum absolute atomic E-state index is 0.0747. The summed E-state index contributed by atoms with van der Waals surface area (Å²) in [6.45, 7) is 4.52. The summed E-state index contributed by atoms with van der Waals surface area (Å²) in [6, 6.07) is 0.0747. The second-order valence-corrected chi connectivity index (χ2v) is 4.63. The van der Waals surface area contributed by atoms with Gasteiger partial charge in [0.05, 0.1) is 23.5 Å². The summed E-state index contributed by atoms with van der Waals surface area (Å²) in [4.78, 5) is 18.3. The number of aromatic nitrogens is 3. The standard InChI is InChI=1S/C13H18N4O2/c1-10(2)16(5-3-7-18)13(19)11-8-15-17-6-4-14-9-12(11)17/h4,6,8-10,18H,3,5,7H2,1-2H3. The van der Waals surface area contributed by atoms with Gasteiger partial charge in [-0.3, -0.25) is 9.78 Å². The van der Waals surface area contributed by atoms with E-state index in [0.29, 0.717) is 24.0 Å². The Balaban J connectivity index is 2.30. The molecule has 6 nitrogen and oxygen atoms in total. The molecule has 0 aromatic carbocycles. The Morgan fingerprint density at radius 2 is 2.26 bits per heavy atom. The number of fused-ring (bicyclic) bond motifs is 1. The highest BCUT2D eigenvalue weighted by atomic mass is 16.3. The molecular formula is C13H18N4O2. The molecule has 0 fully saturated rings. The fourth-order valence-corrected chi connectivity index (χ4v) is 1.99. The SMILES string of the molecule is CC(C)N(CCCO)C(=O)c1cnn2ccncc12. The summed E-state index contributed by atoms with van der Waals surface area (Å²) < 4.78 is 1.63. The van der Waals surface area contributed by atoms with Crippen molar-refractivity contribution in [2.75, 3.05) is 13.2 Å². The minimum atomic E-state index is -0.0774. The molecule has 2 aromatic rings. The molecule has 0 radical (unpaired) electrons. The second kappa shape index (κ2) is 5.79. The van der Waals surface area contributed by atoms with Crippen LogP contribution in [0.2, 0.25) is 0 Å². The molecule has 2 aromatic heterocycles. The van der Waals surface area contributed by atoms with E-state index in [0.717, 1.165) is 0 Å². The highest BCUT2D eigenvalue weighted by Gasteiger charge is 2.21. The van der Waals surface area contributed by atoms with E-state index in [-0.39, 0.29) is 18.6 Å². The van der Waals surface area contributed by atoms with Crippen LogP contribution in [-0.2, 0) is 0 Å². The van der Waals surface area contributed by atoms with Gasteiger partial charge >= 0.3 is 0 Å². The first-order valence-electron chi connectivity index (χ1n) is 6.34. The molecule has 0 aliphatic heterocycles. The Hall–Kier alpha value is -1.95. The Morgan fingerprint density at radius 1 is 1.47 bits per heavy atom. The number of amides is 1. The van der Waals surface area contributed by atoms with Crippen molar-refractivity contribution in [1.29, 1.82) is 0 Å². The Labute approximate surface area is 111 Å². The number of nitrogens with zero attached hydrogens (tertiary/aromatic N) is 4. The molecule has 0 aliphatic rings. The smallest absolute Gasteiger partial charge is 0.257 e. The fraction of sp³-hybridized carbons (Fsp3) is 0.462. The number of carbonyl (C=O) groups is 1. The van der Waals surface area contributed by atoms with Crippen molar-refractivity contribution >= 4 is 11.4 Å². The predicted octanol–water partition coefficient (Wildman–Crippen LogP) is 0.962. The fourth-order valence-electron chi connectivity index (χ4n) is 1.99.